The van der Waals surface area contributed by atoms with E-state index < -0.39 is 15.1 Å². The molecule has 3 aromatic carbocycles. The van der Waals surface area contributed by atoms with E-state index in [1.54, 1.807) is 0 Å². The van der Waals surface area contributed by atoms with Gasteiger partial charge in [-0.05, 0) is 55.7 Å². The molecule has 0 aromatic heterocycles. The topological polar surface area (TPSA) is 77.8 Å². The Morgan fingerprint density at radius 2 is 0.929 bits per heavy atom. The van der Waals surface area contributed by atoms with E-state index in [1.807, 2.05) is 0 Å². The van der Waals surface area contributed by atoms with Gasteiger partial charge in [-0.15, -0.1) is 0 Å². The first-order valence-electron chi connectivity index (χ1n) is 9.26. The van der Waals surface area contributed by atoms with Crippen LogP contribution in [0.15, 0.2) is 91.0 Å². The minimum Gasteiger partial charge on any atom is -0.303 e. The van der Waals surface area contributed by atoms with E-state index in [4.69, 9.17) is 19.2 Å². The maximum atomic E-state index is 8.88. The lowest BCUT2D eigenvalue weighted by atomic mass is 10.00. The van der Waals surface area contributed by atoms with Crippen molar-refractivity contribution in [1.29, 1.82) is 0 Å². The van der Waals surface area contributed by atoms with E-state index in [1.165, 1.54) is 35.2 Å². The number of hydrogen-bond acceptors (Lipinski definition) is 1. The van der Waals surface area contributed by atoms with Gasteiger partial charge in [0.15, 0.2) is 0 Å². The van der Waals surface area contributed by atoms with Gasteiger partial charge in [0.1, 0.15) is 23.2 Å². The van der Waals surface area contributed by atoms with Crippen molar-refractivity contribution >= 4 is 31.0 Å². The van der Waals surface area contributed by atoms with Gasteiger partial charge in [0.2, 0.25) is 0 Å². The molecule has 0 spiro atoms. The number of rotatable bonds is 4. The van der Waals surface area contributed by atoms with Crippen LogP contribution in [-0.2, 0) is 4.57 Å². The Morgan fingerprint density at radius 3 is 1.14 bits per heavy atom. The molecule has 6 heteroatoms. The Labute approximate surface area is 166 Å². The molecule has 4 nitrogen and oxygen atoms in total. The van der Waals surface area contributed by atoms with Crippen molar-refractivity contribution in [3.63, 3.8) is 0 Å². The standard InChI is InChI=1S/C22H22P.H3O4P/c1-4-11-19(12-5-1)23(22-17-10-18-22,20-13-6-2-7-14-20)21-15-8-3-9-16-21;1-5(2,3)4/h1-9,11-16,22H,10,17-18H2;(H3,1,2,3,4)/q+1;. The molecule has 0 heterocycles. The van der Waals surface area contributed by atoms with Gasteiger partial charge in [0.05, 0.1) is 5.66 Å². The molecule has 1 aliphatic carbocycles. The molecule has 0 saturated heterocycles. The summed E-state index contributed by atoms with van der Waals surface area (Å²) in [5, 5.41) is 4.59. The second kappa shape index (κ2) is 9.13. The van der Waals surface area contributed by atoms with Gasteiger partial charge >= 0.3 is 7.82 Å². The quantitative estimate of drug-likeness (QED) is 0.569. The first-order chi connectivity index (χ1) is 13.4. The predicted molar refractivity (Wildman–Crippen MR) is 117 cm³/mol. The third kappa shape index (κ3) is 4.78. The molecular formula is C22H25O4P2+. The van der Waals surface area contributed by atoms with Crippen LogP contribution >= 0.6 is 15.1 Å². The molecule has 3 N–H and O–H groups in total. The van der Waals surface area contributed by atoms with Crippen LogP contribution in [0, 0.1) is 0 Å². The Kier molecular flexibility index (Phi) is 6.82. The zero-order chi connectivity index (χ0) is 20.0. The molecule has 0 bridgehead atoms. The summed E-state index contributed by atoms with van der Waals surface area (Å²) in [6.07, 6.45) is 4.08. The lowest BCUT2D eigenvalue weighted by molar-refractivity contribution is 0.275. The van der Waals surface area contributed by atoms with Gasteiger partial charge in [-0.1, -0.05) is 54.6 Å². The van der Waals surface area contributed by atoms with E-state index in [0.29, 0.717) is 0 Å². The highest BCUT2D eigenvalue weighted by molar-refractivity contribution is 7.96. The summed E-state index contributed by atoms with van der Waals surface area (Å²) in [6.45, 7) is 0. The van der Waals surface area contributed by atoms with Gasteiger partial charge in [-0.3, -0.25) is 0 Å². The number of benzene rings is 3. The summed E-state index contributed by atoms with van der Waals surface area (Å²) in [7, 11) is -6.20. The second-order valence-electron chi connectivity index (χ2n) is 6.83. The SMILES string of the molecule is O=P(O)(O)O.c1ccc([P+](c2ccccc2)(c2ccccc2)C2CCC2)cc1. The van der Waals surface area contributed by atoms with Crippen LogP contribution in [0.25, 0.3) is 0 Å². The van der Waals surface area contributed by atoms with Gasteiger partial charge in [0.25, 0.3) is 0 Å². The Bertz CT molecular complexity index is 802. The van der Waals surface area contributed by atoms with Crippen LogP contribution < -0.4 is 15.9 Å². The highest BCUT2D eigenvalue weighted by Gasteiger charge is 2.54. The summed E-state index contributed by atoms with van der Waals surface area (Å²) >= 11 is 0. The molecule has 4 rings (SSSR count). The van der Waals surface area contributed by atoms with Crippen LogP contribution in [0.5, 0.6) is 0 Å². The van der Waals surface area contributed by atoms with Crippen molar-refractivity contribution in [3.05, 3.63) is 91.0 Å². The molecule has 3 aromatic rings. The smallest absolute Gasteiger partial charge is 0.303 e. The first-order valence-corrected chi connectivity index (χ1v) is 12.7. The minimum absolute atomic E-state index is 0.787. The molecule has 28 heavy (non-hydrogen) atoms. The first kappa shape index (κ1) is 20.9. The fourth-order valence-electron chi connectivity index (χ4n) is 3.84. The van der Waals surface area contributed by atoms with Crippen molar-refractivity contribution < 1.29 is 19.2 Å². The highest BCUT2D eigenvalue weighted by atomic mass is 31.2. The maximum Gasteiger partial charge on any atom is 0.466 e. The summed E-state index contributed by atoms with van der Waals surface area (Å²) in [4.78, 5) is 21.6. The Hall–Kier alpha value is -1.80. The normalized spacial score (nSPS) is 14.5. The average Bonchev–Trinajstić information content (AvgIpc) is 2.65. The van der Waals surface area contributed by atoms with Crippen LogP contribution in [0.3, 0.4) is 0 Å². The van der Waals surface area contributed by atoms with Gasteiger partial charge in [-0.2, -0.15) is 0 Å². The van der Waals surface area contributed by atoms with Crippen LogP contribution in [0.2, 0.25) is 0 Å². The maximum absolute atomic E-state index is 8.88. The van der Waals surface area contributed by atoms with Crippen LogP contribution in [0.1, 0.15) is 19.3 Å². The Morgan fingerprint density at radius 1 is 0.643 bits per heavy atom. The van der Waals surface area contributed by atoms with E-state index in [2.05, 4.69) is 91.0 Å². The van der Waals surface area contributed by atoms with Crippen molar-refractivity contribution in [2.45, 2.75) is 24.9 Å². The van der Waals surface area contributed by atoms with Crippen LogP contribution in [0.4, 0.5) is 0 Å². The molecule has 0 atom stereocenters. The molecule has 0 aliphatic heterocycles. The molecule has 0 radical (unpaired) electrons. The largest absolute Gasteiger partial charge is 0.466 e. The molecule has 0 unspecified atom stereocenters. The number of hydrogen-bond donors (Lipinski definition) is 3. The zero-order valence-corrected chi connectivity index (χ0v) is 17.3. The van der Waals surface area contributed by atoms with Crippen molar-refractivity contribution in [3.8, 4) is 0 Å². The third-order valence-corrected chi connectivity index (χ3v) is 10.1. The lowest BCUT2D eigenvalue weighted by Crippen LogP contribution is -2.41. The van der Waals surface area contributed by atoms with Crippen molar-refractivity contribution in [2.24, 2.45) is 0 Å². The van der Waals surface area contributed by atoms with Gasteiger partial charge < -0.3 is 14.7 Å². The second-order valence-corrected chi connectivity index (χ2v) is 11.6. The summed E-state index contributed by atoms with van der Waals surface area (Å²) in [5.41, 5.74) is 0.787. The Balaban J connectivity index is 0.000000403. The molecule has 146 valence electrons. The summed E-state index contributed by atoms with van der Waals surface area (Å²) in [5.74, 6) is 0. The van der Waals surface area contributed by atoms with Gasteiger partial charge in [-0.25, -0.2) is 4.57 Å². The average molecular weight is 415 g/mol. The molecule has 1 fully saturated rings. The van der Waals surface area contributed by atoms with Crippen molar-refractivity contribution in [1.82, 2.24) is 0 Å². The molecular weight excluding hydrogens is 390 g/mol. The fourth-order valence-corrected chi connectivity index (χ4v) is 9.07. The van der Waals surface area contributed by atoms with Gasteiger partial charge in [0, 0.05) is 0 Å². The highest BCUT2D eigenvalue weighted by Crippen LogP contribution is 2.65. The summed E-state index contributed by atoms with van der Waals surface area (Å²) in [6, 6.07) is 33.7. The molecule has 0 amide bonds. The minimum atomic E-state index is -4.64. The lowest BCUT2D eigenvalue weighted by Gasteiger charge is -2.39. The van der Waals surface area contributed by atoms with Crippen molar-refractivity contribution in [2.75, 3.05) is 0 Å². The molecule has 1 saturated carbocycles. The van der Waals surface area contributed by atoms with E-state index in [-0.39, 0.29) is 0 Å². The zero-order valence-electron chi connectivity index (χ0n) is 15.5. The molecule has 1 aliphatic rings. The third-order valence-electron chi connectivity index (χ3n) is 5.11. The van der Waals surface area contributed by atoms with E-state index in [9.17, 15) is 0 Å². The van der Waals surface area contributed by atoms with Crippen LogP contribution in [-0.4, -0.2) is 20.3 Å². The number of phosphoric acid groups is 1. The van der Waals surface area contributed by atoms with E-state index >= 15 is 0 Å². The fraction of sp³-hybridized carbons (Fsp3) is 0.182. The summed E-state index contributed by atoms with van der Waals surface area (Å²) < 4.78 is 8.88. The predicted octanol–water partition coefficient (Wildman–Crippen LogP) is 3.60. The monoisotopic (exact) mass is 415 g/mol. The van der Waals surface area contributed by atoms with E-state index in [0.717, 1.165) is 5.66 Å².